The fourth-order valence-corrected chi connectivity index (χ4v) is 3.64. The number of nitrogens with zero attached hydrogens (tertiary/aromatic N) is 3. The third-order valence-electron chi connectivity index (χ3n) is 4.41. The molecule has 0 aromatic carbocycles. The Bertz CT molecular complexity index is 673. The largest absolute Gasteiger partial charge is 0.481 e. The predicted octanol–water partition coefficient (Wildman–Crippen LogP) is 4.30. The highest BCUT2D eigenvalue weighted by Gasteiger charge is 2.27. The van der Waals surface area contributed by atoms with Crippen LogP contribution in [0.4, 0.5) is 5.82 Å². The van der Waals surface area contributed by atoms with Gasteiger partial charge in [-0.3, -0.25) is 0 Å². The van der Waals surface area contributed by atoms with E-state index in [2.05, 4.69) is 34.1 Å². The van der Waals surface area contributed by atoms with Crippen LogP contribution in [0.15, 0.2) is 11.4 Å². The summed E-state index contributed by atoms with van der Waals surface area (Å²) in [5.74, 6) is 2.02. The van der Waals surface area contributed by atoms with Crippen molar-refractivity contribution in [2.75, 3.05) is 12.4 Å². The van der Waals surface area contributed by atoms with Gasteiger partial charge in [0, 0.05) is 23.2 Å². The van der Waals surface area contributed by atoms with Gasteiger partial charge < -0.3 is 10.1 Å². The van der Waals surface area contributed by atoms with E-state index in [1.807, 2.05) is 18.4 Å². The Labute approximate surface area is 141 Å². The average molecular weight is 332 g/mol. The standard InChI is InChI=1S/C17H24N4OS/c1-11-10-23-16(18-11)15-20-13(9-14(21-15)22-4)19-12-5-7-17(2,3)8-6-12/h9-10,12H,5-8H2,1-4H3,(H,19,20,21). The lowest BCUT2D eigenvalue weighted by Crippen LogP contribution is -2.30. The molecule has 1 fully saturated rings. The first kappa shape index (κ1) is 16.2. The number of methoxy groups -OCH3 is 1. The van der Waals surface area contributed by atoms with Crippen molar-refractivity contribution >= 4 is 17.2 Å². The highest BCUT2D eigenvalue weighted by atomic mass is 32.1. The van der Waals surface area contributed by atoms with Crippen molar-refractivity contribution in [3.63, 3.8) is 0 Å². The van der Waals surface area contributed by atoms with E-state index in [4.69, 9.17) is 4.74 Å². The number of thiazole rings is 1. The molecule has 1 saturated carbocycles. The molecule has 1 N–H and O–H groups in total. The fourth-order valence-electron chi connectivity index (χ4n) is 2.91. The summed E-state index contributed by atoms with van der Waals surface area (Å²) < 4.78 is 5.33. The van der Waals surface area contributed by atoms with Gasteiger partial charge in [-0.1, -0.05) is 13.8 Å². The second-order valence-corrected chi connectivity index (χ2v) is 7.85. The van der Waals surface area contributed by atoms with Gasteiger partial charge in [-0.15, -0.1) is 11.3 Å². The Kier molecular flexibility index (Phi) is 4.53. The van der Waals surface area contributed by atoms with Crippen LogP contribution in [0.3, 0.4) is 0 Å². The minimum Gasteiger partial charge on any atom is -0.481 e. The van der Waals surface area contributed by atoms with Crippen LogP contribution in [0, 0.1) is 12.3 Å². The van der Waals surface area contributed by atoms with Crippen LogP contribution < -0.4 is 10.1 Å². The molecule has 2 heterocycles. The van der Waals surface area contributed by atoms with Crippen molar-refractivity contribution in [3.8, 4) is 16.7 Å². The molecule has 2 aromatic heterocycles. The molecular weight excluding hydrogens is 308 g/mol. The van der Waals surface area contributed by atoms with Gasteiger partial charge in [-0.2, -0.15) is 4.98 Å². The third kappa shape index (κ3) is 3.99. The summed E-state index contributed by atoms with van der Waals surface area (Å²) in [6, 6.07) is 2.33. The molecule has 5 nitrogen and oxygen atoms in total. The van der Waals surface area contributed by atoms with Crippen LogP contribution in [0.5, 0.6) is 5.88 Å². The first-order valence-electron chi connectivity index (χ1n) is 8.07. The van der Waals surface area contributed by atoms with E-state index in [1.54, 1.807) is 18.4 Å². The number of aryl methyl sites for hydroxylation is 1. The molecule has 0 radical (unpaired) electrons. The van der Waals surface area contributed by atoms with E-state index in [1.165, 1.54) is 25.7 Å². The molecule has 0 amide bonds. The van der Waals surface area contributed by atoms with Gasteiger partial charge in [0.25, 0.3) is 0 Å². The molecule has 0 atom stereocenters. The third-order valence-corrected chi connectivity index (χ3v) is 5.37. The smallest absolute Gasteiger partial charge is 0.218 e. The van der Waals surface area contributed by atoms with Crippen molar-refractivity contribution in [1.82, 2.24) is 15.0 Å². The molecule has 0 spiro atoms. The van der Waals surface area contributed by atoms with Gasteiger partial charge in [0.05, 0.1) is 7.11 Å². The van der Waals surface area contributed by atoms with Gasteiger partial charge in [0.1, 0.15) is 5.82 Å². The van der Waals surface area contributed by atoms with Crippen LogP contribution in [0.25, 0.3) is 10.8 Å². The fraction of sp³-hybridized carbons (Fsp3) is 0.588. The number of anilines is 1. The molecule has 6 heteroatoms. The second-order valence-electron chi connectivity index (χ2n) is 7.00. The summed E-state index contributed by atoms with van der Waals surface area (Å²) >= 11 is 1.56. The molecule has 23 heavy (non-hydrogen) atoms. The molecule has 0 unspecified atom stereocenters. The summed E-state index contributed by atoms with van der Waals surface area (Å²) in [5, 5.41) is 6.39. The van der Waals surface area contributed by atoms with Crippen molar-refractivity contribution < 1.29 is 4.74 Å². The van der Waals surface area contributed by atoms with Crippen LogP contribution in [-0.2, 0) is 0 Å². The molecular formula is C17H24N4OS. The molecule has 124 valence electrons. The zero-order chi connectivity index (χ0) is 16.4. The van der Waals surface area contributed by atoms with E-state index >= 15 is 0 Å². The Balaban J connectivity index is 1.79. The summed E-state index contributed by atoms with van der Waals surface area (Å²) in [7, 11) is 1.63. The lowest BCUT2D eigenvalue weighted by Gasteiger charge is -2.34. The maximum atomic E-state index is 5.33. The minimum absolute atomic E-state index is 0.463. The minimum atomic E-state index is 0.463. The summed E-state index contributed by atoms with van der Waals surface area (Å²) in [6.07, 6.45) is 4.83. The average Bonchev–Trinajstić information content (AvgIpc) is 2.96. The van der Waals surface area contributed by atoms with E-state index < -0.39 is 0 Å². The molecule has 0 saturated heterocycles. The lowest BCUT2D eigenvalue weighted by atomic mass is 9.75. The van der Waals surface area contributed by atoms with Crippen LogP contribution in [0.1, 0.15) is 45.2 Å². The Morgan fingerprint density at radius 1 is 1.22 bits per heavy atom. The SMILES string of the molecule is COc1cc(NC2CCC(C)(C)CC2)nc(-c2nc(C)cs2)n1. The van der Waals surface area contributed by atoms with Crippen molar-refractivity contribution in [3.05, 3.63) is 17.1 Å². The number of hydrogen-bond acceptors (Lipinski definition) is 6. The van der Waals surface area contributed by atoms with E-state index in [9.17, 15) is 0 Å². The van der Waals surface area contributed by atoms with Crippen molar-refractivity contribution in [2.45, 2.75) is 52.5 Å². The number of ether oxygens (including phenoxy) is 1. The van der Waals surface area contributed by atoms with Crippen LogP contribution in [0.2, 0.25) is 0 Å². The highest BCUT2D eigenvalue weighted by molar-refractivity contribution is 7.13. The Hall–Kier alpha value is -1.69. The maximum Gasteiger partial charge on any atom is 0.218 e. The topological polar surface area (TPSA) is 59.9 Å². The molecule has 1 aliphatic carbocycles. The summed E-state index contributed by atoms with van der Waals surface area (Å²) in [6.45, 7) is 6.67. The first-order chi connectivity index (χ1) is 10.9. The van der Waals surface area contributed by atoms with Crippen molar-refractivity contribution in [1.29, 1.82) is 0 Å². The zero-order valence-corrected chi connectivity index (χ0v) is 15.0. The van der Waals surface area contributed by atoms with Gasteiger partial charge in [0.2, 0.25) is 5.88 Å². The van der Waals surface area contributed by atoms with Gasteiger partial charge in [0.15, 0.2) is 10.8 Å². The number of rotatable bonds is 4. The Morgan fingerprint density at radius 2 is 1.96 bits per heavy atom. The summed E-state index contributed by atoms with van der Waals surface area (Å²) in [4.78, 5) is 13.5. The summed E-state index contributed by atoms with van der Waals surface area (Å²) in [5.41, 5.74) is 1.45. The van der Waals surface area contributed by atoms with Crippen LogP contribution >= 0.6 is 11.3 Å². The van der Waals surface area contributed by atoms with Gasteiger partial charge >= 0.3 is 0 Å². The van der Waals surface area contributed by atoms with E-state index in [0.29, 0.717) is 23.2 Å². The normalized spacial score (nSPS) is 17.9. The molecule has 1 aliphatic rings. The lowest BCUT2D eigenvalue weighted by molar-refractivity contribution is 0.232. The molecule has 0 bridgehead atoms. The first-order valence-corrected chi connectivity index (χ1v) is 8.95. The highest BCUT2D eigenvalue weighted by Crippen LogP contribution is 2.36. The van der Waals surface area contributed by atoms with E-state index in [-0.39, 0.29) is 0 Å². The van der Waals surface area contributed by atoms with Crippen molar-refractivity contribution in [2.24, 2.45) is 5.41 Å². The molecule has 0 aliphatic heterocycles. The Morgan fingerprint density at radius 3 is 2.57 bits per heavy atom. The van der Waals surface area contributed by atoms with Gasteiger partial charge in [-0.25, -0.2) is 9.97 Å². The van der Waals surface area contributed by atoms with E-state index in [0.717, 1.165) is 16.5 Å². The number of nitrogens with one attached hydrogen (secondary N) is 1. The second kappa shape index (κ2) is 6.43. The number of aromatic nitrogens is 3. The molecule has 3 rings (SSSR count). The number of hydrogen-bond donors (Lipinski definition) is 1. The monoisotopic (exact) mass is 332 g/mol. The maximum absolute atomic E-state index is 5.33. The quantitative estimate of drug-likeness (QED) is 0.904. The predicted molar refractivity (Wildman–Crippen MR) is 94.1 cm³/mol. The molecule has 2 aromatic rings. The zero-order valence-electron chi connectivity index (χ0n) is 14.2. The van der Waals surface area contributed by atoms with Gasteiger partial charge in [-0.05, 0) is 38.0 Å². The van der Waals surface area contributed by atoms with Crippen LogP contribution in [-0.4, -0.2) is 28.1 Å².